The van der Waals surface area contributed by atoms with Gasteiger partial charge >= 0.3 is 0 Å². The van der Waals surface area contributed by atoms with Crippen molar-refractivity contribution in [2.24, 2.45) is 17.8 Å². The average Bonchev–Trinajstić information content (AvgIpc) is 3.63. The van der Waals surface area contributed by atoms with E-state index < -0.39 is 5.54 Å². The van der Waals surface area contributed by atoms with Crippen LogP contribution in [0.3, 0.4) is 0 Å². The minimum Gasteiger partial charge on any atom is -0.356 e. The molecule has 0 bridgehead atoms. The molecule has 0 aromatic rings. The molecular formula is C32H59N9O3. The van der Waals surface area contributed by atoms with Gasteiger partial charge in [0.05, 0.1) is 5.54 Å². The van der Waals surface area contributed by atoms with Crippen LogP contribution in [0.5, 0.6) is 0 Å². The van der Waals surface area contributed by atoms with E-state index in [9.17, 15) is 14.4 Å². The number of amides is 3. The Hall–Kier alpha value is -2.27. The predicted molar refractivity (Wildman–Crippen MR) is 175 cm³/mol. The third-order valence-electron chi connectivity index (χ3n) is 8.78. The first kappa shape index (κ1) is 36.2. The maximum absolute atomic E-state index is 12.3. The standard InChI is InChI=1S/C32H59N9O3/c1-26(42)41-32(23-36-17-14-33-12-7-13-34-15-18-37-24-32)25-38-19-16-35-20-21-39-30(43)10-6-11-31(44)40-22-29-27-8-4-2-3-5-9-28(27)29/h27-29,33-38H,4-25H2,1H3,(H,39,43)(H,40,44)(H,41,42)/t27-,28+,29?. The van der Waals surface area contributed by atoms with Crippen LogP contribution in [-0.4, -0.2) is 115 Å². The molecule has 9 N–H and O–H groups in total. The summed E-state index contributed by atoms with van der Waals surface area (Å²) in [7, 11) is 0. The van der Waals surface area contributed by atoms with E-state index >= 15 is 0 Å². The van der Waals surface area contributed by atoms with Gasteiger partial charge in [0.2, 0.25) is 17.7 Å². The van der Waals surface area contributed by atoms with Gasteiger partial charge in [0.15, 0.2) is 0 Å². The number of hydrogen-bond donors (Lipinski definition) is 9. The number of fused-ring (bicyclic) bond motifs is 1. The zero-order valence-corrected chi connectivity index (χ0v) is 27.0. The highest BCUT2D eigenvalue weighted by molar-refractivity contribution is 5.78. The number of rotatable bonds is 15. The molecule has 1 saturated heterocycles. The molecule has 3 aliphatic rings. The normalized spacial score (nSPS) is 24.2. The summed E-state index contributed by atoms with van der Waals surface area (Å²) in [5.74, 6) is 8.51. The summed E-state index contributed by atoms with van der Waals surface area (Å²) in [6.45, 7) is 12.5. The van der Waals surface area contributed by atoms with Gasteiger partial charge in [-0.1, -0.05) is 0 Å². The third-order valence-corrected chi connectivity index (χ3v) is 8.78. The molecule has 12 heteroatoms. The van der Waals surface area contributed by atoms with Crippen LogP contribution in [0.15, 0.2) is 0 Å². The molecule has 2 fully saturated rings. The molecule has 3 amide bonds. The Kier molecular flexibility index (Phi) is 17.7. The van der Waals surface area contributed by atoms with Crippen molar-refractivity contribution in [2.75, 3.05) is 91.6 Å². The Labute approximate surface area is 264 Å². The van der Waals surface area contributed by atoms with Gasteiger partial charge in [0.1, 0.15) is 0 Å². The first-order chi connectivity index (χ1) is 21.5. The molecule has 1 aliphatic heterocycles. The summed E-state index contributed by atoms with van der Waals surface area (Å²) in [5.41, 5.74) is -0.439. The second kappa shape index (κ2) is 21.5. The second-order valence-corrected chi connectivity index (χ2v) is 12.5. The molecule has 3 rings (SSSR count). The van der Waals surface area contributed by atoms with Gasteiger partial charge in [-0.2, -0.15) is 0 Å². The van der Waals surface area contributed by atoms with E-state index in [1.54, 1.807) is 6.92 Å². The van der Waals surface area contributed by atoms with Crippen LogP contribution in [0.25, 0.3) is 0 Å². The average molecular weight is 618 g/mol. The van der Waals surface area contributed by atoms with Crippen molar-refractivity contribution in [2.45, 2.75) is 63.8 Å². The zero-order valence-electron chi connectivity index (χ0n) is 27.0. The van der Waals surface area contributed by atoms with Crippen molar-refractivity contribution in [3.8, 4) is 11.8 Å². The van der Waals surface area contributed by atoms with Crippen LogP contribution in [-0.2, 0) is 14.4 Å². The maximum Gasteiger partial charge on any atom is 0.220 e. The lowest BCUT2D eigenvalue weighted by atomic mass is 9.98. The van der Waals surface area contributed by atoms with Gasteiger partial charge < -0.3 is 47.9 Å². The van der Waals surface area contributed by atoms with E-state index in [1.807, 2.05) is 0 Å². The number of nitrogens with one attached hydrogen (secondary N) is 9. The molecule has 0 aromatic heterocycles. The lowest BCUT2D eigenvalue weighted by molar-refractivity contribution is -0.123. The van der Waals surface area contributed by atoms with Crippen molar-refractivity contribution in [1.29, 1.82) is 0 Å². The second-order valence-electron chi connectivity index (χ2n) is 12.5. The predicted octanol–water partition coefficient (Wildman–Crippen LogP) is -1.36. The SMILES string of the molecule is CC(=O)NC1(CNCCNCCNC(=O)CCCC(=O)NCC2[C@H]3CCC#CCC[C@@H]23)CNCCNCCCNCCNC1. The zero-order chi connectivity index (χ0) is 31.3. The van der Waals surface area contributed by atoms with Crippen molar-refractivity contribution < 1.29 is 14.4 Å². The van der Waals surface area contributed by atoms with E-state index in [0.717, 1.165) is 103 Å². The van der Waals surface area contributed by atoms with Gasteiger partial charge in [-0.15, -0.1) is 11.8 Å². The van der Waals surface area contributed by atoms with E-state index in [0.29, 0.717) is 57.9 Å². The summed E-state index contributed by atoms with van der Waals surface area (Å²) in [6.07, 6.45) is 6.72. The number of carbonyl (C=O) groups is 3. The highest BCUT2D eigenvalue weighted by atomic mass is 16.2. The summed E-state index contributed by atoms with van der Waals surface area (Å²) in [6, 6.07) is 0. The summed E-state index contributed by atoms with van der Waals surface area (Å²) in [4.78, 5) is 36.5. The van der Waals surface area contributed by atoms with Crippen molar-refractivity contribution in [3.05, 3.63) is 0 Å². The summed E-state index contributed by atoms with van der Waals surface area (Å²) < 4.78 is 0. The van der Waals surface area contributed by atoms with Crippen molar-refractivity contribution >= 4 is 17.7 Å². The number of carbonyl (C=O) groups excluding carboxylic acids is 3. The molecule has 0 radical (unpaired) electrons. The highest BCUT2D eigenvalue weighted by Gasteiger charge is 2.48. The third kappa shape index (κ3) is 15.1. The number of hydrogen-bond acceptors (Lipinski definition) is 9. The van der Waals surface area contributed by atoms with Gasteiger partial charge in [-0.3, -0.25) is 14.4 Å². The molecule has 12 nitrogen and oxygen atoms in total. The van der Waals surface area contributed by atoms with Gasteiger partial charge in [-0.05, 0) is 56.5 Å². The van der Waals surface area contributed by atoms with Crippen LogP contribution in [0.1, 0.15) is 58.3 Å². The molecule has 1 unspecified atom stereocenters. The Morgan fingerprint density at radius 1 is 0.727 bits per heavy atom. The molecule has 3 atom stereocenters. The molecular weight excluding hydrogens is 558 g/mol. The topological polar surface area (TPSA) is 159 Å². The first-order valence-corrected chi connectivity index (χ1v) is 17.0. The van der Waals surface area contributed by atoms with E-state index in [1.165, 1.54) is 0 Å². The molecule has 44 heavy (non-hydrogen) atoms. The van der Waals surface area contributed by atoms with E-state index in [-0.39, 0.29) is 17.7 Å². The van der Waals surface area contributed by atoms with Crippen LogP contribution < -0.4 is 47.9 Å². The van der Waals surface area contributed by atoms with Gasteiger partial charge in [0, 0.05) is 111 Å². The Morgan fingerprint density at radius 2 is 1.30 bits per heavy atom. The molecule has 0 spiro atoms. The van der Waals surface area contributed by atoms with Crippen LogP contribution in [0.4, 0.5) is 0 Å². The molecule has 1 saturated carbocycles. The summed E-state index contributed by atoms with van der Waals surface area (Å²) in [5, 5.41) is 30.0. The Morgan fingerprint density at radius 3 is 1.93 bits per heavy atom. The molecule has 1 heterocycles. The van der Waals surface area contributed by atoms with Crippen LogP contribution in [0, 0.1) is 29.6 Å². The molecule has 0 aromatic carbocycles. The van der Waals surface area contributed by atoms with E-state index in [4.69, 9.17) is 0 Å². The Balaban J connectivity index is 1.21. The molecule has 250 valence electrons. The smallest absolute Gasteiger partial charge is 0.220 e. The van der Waals surface area contributed by atoms with Gasteiger partial charge in [0.25, 0.3) is 0 Å². The fourth-order valence-corrected chi connectivity index (χ4v) is 6.37. The molecule has 2 aliphatic carbocycles. The largest absolute Gasteiger partial charge is 0.356 e. The van der Waals surface area contributed by atoms with E-state index in [2.05, 4.69) is 59.7 Å². The van der Waals surface area contributed by atoms with Crippen molar-refractivity contribution in [1.82, 2.24) is 47.9 Å². The minimum absolute atomic E-state index is 0.0186. The lowest BCUT2D eigenvalue weighted by Crippen LogP contribution is -2.65. The van der Waals surface area contributed by atoms with Crippen LogP contribution in [0.2, 0.25) is 0 Å². The fraction of sp³-hybridized carbons (Fsp3) is 0.844. The lowest BCUT2D eigenvalue weighted by Gasteiger charge is -2.36. The van der Waals surface area contributed by atoms with Gasteiger partial charge in [-0.25, -0.2) is 0 Å². The highest BCUT2D eigenvalue weighted by Crippen LogP contribution is 2.51. The quantitative estimate of drug-likeness (QED) is 0.0800. The minimum atomic E-state index is -0.439. The monoisotopic (exact) mass is 617 g/mol. The Bertz CT molecular complexity index is 890. The summed E-state index contributed by atoms with van der Waals surface area (Å²) >= 11 is 0. The van der Waals surface area contributed by atoms with Crippen LogP contribution >= 0.6 is 0 Å². The first-order valence-electron chi connectivity index (χ1n) is 17.0. The van der Waals surface area contributed by atoms with Crippen molar-refractivity contribution in [3.63, 3.8) is 0 Å². The maximum atomic E-state index is 12.3. The fourth-order valence-electron chi connectivity index (χ4n) is 6.37.